The Bertz CT molecular complexity index is 607. The van der Waals surface area contributed by atoms with Crippen molar-refractivity contribution >= 4 is 46.4 Å². The molecule has 2 aromatic rings. The molecule has 1 unspecified atom stereocenters. The van der Waals surface area contributed by atoms with Crippen LogP contribution in [0.25, 0.3) is 11.1 Å². The van der Waals surface area contributed by atoms with Crippen LogP contribution in [0.2, 0.25) is 20.1 Å². The molecule has 0 spiro atoms. The van der Waals surface area contributed by atoms with Gasteiger partial charge in [-0.3, -0.25) is 0 Å². The molecule has 1 nitrogen and oxygen atoms in total. The molecule has 0 radical (unpaired) electrons. The van der Waals surface area contributed by atoms with Gasteiger partial charge < -0.3 is 5.32 Å². The largest absolute Gasteiger partial charge is 0.313 e. The van der Waals surface area contributed by atoms with Gasteiger partial charge in [-0.05, 0) is 30.7 Å². The van der Waals surface area contributed by atoms with Gasteiger partial charge in [-0.15, -0.1) is 0 Å². The number of nitrogens with one attached hydrogen (secondary N) is 1. The third kappa shape index (κ3) is 3.49. The molecule has 0 aliphatic rings. The van der Waals surface area contributed by atoms with Gasteiger partial charge in [-0.2, -0.15) is 0 Å². The lowest BCUT2D eigenvalue weighted by molar-refractivity contribution is 0.577. The van der Waals surface area contributed by atoms with Crippen LogP contribution >= 0.6 is 46.4 Å². The van der Waals surface area contributed by atoms with Crippen LogP contribution in [0, 0.1) is 0 Å². The Labute approximate surface area is 145 Å². The SMILES string of the molecule is CCC(NC)c1ccc(-c2c(Cl)c(Cl)cc(Cl)c2Cl)cc1. The van der Waals surface area contributed by atoms with E-state index in [1.54, 1.807) is 6.07 Å². The van der Waals surface area contributed by atoms with Gasteiger partial charge in [-0.25, -0.2) is 0 Å². The molecule has 0 amide bonds. The van der Waals surface area contributed by atoms with E-state index < -0.39 is 0 Å². The summed E-state index contributed by atoms with van der Waals surface area (Å²) in [6, 6.07) is 9.96. The van der Waals surface area contributed by atoms with Gasteiger partial charge in [0.2, 0.25) is 0 Å². The summed E-state index contributed by atoms with van der Waals surface area (Å²) in [5, 5.41) is 4.90. The summed E-state index contributed by atoms with van der Waals surface area (Å²) >= 11 is 24.7. The van der Waals surface area contributed by atoms with E-state index in [1.165, 1.54) is 5.56 Å². The second-order valence-electron chi connectivity index (χ2n) is 4.71. The molecule has 1 atom stereocenters. The predicted molar refractivity (Wildman–Crippen MR) is 94.0 cm³/mol. The van der Waals surface area contributed by atoms with Crippen molar-refractivity contribution in [3.63, 3.8) is 0 Å². The third-order valence-corrected chi connectivity index (χ3v) is 5.05. The van der Waals surface area contributed by atoms with E-state index in [1.807, 2.05) is 19.2 Å². The minimum Gasteiger partial charge on any atom is -0.313 e. The maximum atomic E-state index is 6.27. The van der Waals surface area contributed by atoms with E-state index in [4.69, 9.17) is 46.4 Å². The minimum atomic E-state index is 0.327. The van der Waals surface area contributed by atoms with Gasteiger partial charge in [0.25, 0.3) is 0 Å². The summed E-state index contributed by atoms with van der Waals surface area (Å²) in [6.45, 7) is 2.14. The Balaban J connectivity index is 2.49. The lowest BCUT2D eigenvalue weighted by Crippen LogP contribution is -2.14. The van der Waals surface area contributed by atoms with E-state index in [0.29, 0.717) is 31.7 Å². The lowest BCUT2D eigenvalue weighted by Gasteiger charge is -2.16. The van der Waals surface area contributed by atoms with Crippen LogP contribution in [0.15, 0.2) is 30.3 Å². The molecule has 0 aromatic heterocycles. The zero-order valence-corrected chi connectivity index (χ0v) is 14.7. The summed E-state index contributed by atoms with van der Waals surface area (Å²) < 4.78 is 0. The summed E-state index contributed by atoms with van der Waals surface area (Å²) in [6.07, 6.45) is 1.01. The molecule has 21 heavy (non-hydrogen) atoms. The number of hydrogen-bond donors (Lipinski definition) is 1. The molecule has 1 N–H and O–H groups in total. The first kappa shape index (κ1) is 16.9. The number of halogens is 4. The highest BCUT2D eigenvalue weighted by Crippen LogP contribution is 2.43. The van der Waals surface area contributed by atoms with E-state index in [0.717, 1.165) is 12.0 Å². The van der Waals surface area contributed by atoms with E-state index >= 15 is 0 Å². The fourth-order valence-electron chi connectivity index (χ4n) is 2.32. The molecule has 0 fully saturated rings. The van der Waals surface area contributed by atoms with Crippen LogP contribution < -0.4 is 5.32 Å². The van der Waals surface area contributed by atoms with Crippen molar-refractivity contribution in [1.29, 1.82) is 0 Å². The minimum absolute atomic E-state index is 0.327. The standard InChI is InChI=1S/C16H15Cl4N/c1-3-13(21-2)9-4-6-10(7-5-9)14-15(19)11(17)8-12(18)16(14)20/h4-8,13,21H,3H2,1-2H3. The fourth-order valence-corrected chi connectivity index (χ4v) is 3.34. The van der Waals surface area contributed by atoms with Crippen molar-refractivity contribution in [2.24, 2.45) is 0 Å². The van der Waals surface area contributed by atoms with Crippen molar-refractivity contribution in [3.05, 3.63) is 56.0 Å². The van der Waals surface area contributed by atoms with E-state index in [9.17, 15) is 0 Å². The fraction of sp³-hybridized carbons (Fsp3) is 0.250. The first-order chi connectivity index (χ1) is 9.99. The Kier molecular flexibility index (Phi) is 5.81. The topological polar surface area (TPSA) is 12.0 Å². The monoisotopic (exact) mass is 361 g/mol. The molecule has 0 aliphatic heterocycles. The highest BCUT2D eigenvalue weighted by molar-refractivity contribution is 6.50. The average molecular weight is 363 g/mol. The summed E-state index contributed by atoms with van der Waals surface area (Å²) in [5.41, 5.74) is 2.77. The number of hydrogen-bond acceptors (Lipinski definition) is 1. The Morgan fingerprint density at radius 1 is 0.952 bits per heavy atom. The Morgan fingerprint density at radius 3 is 1.90 bits per heavy atom. The van der Waals surface area contributed by atoms with E-state index in [-0.39, 0.29) is 0 Å². The molecular weight excluding hydrogens is 348 g/mol. The van der Waals surface area contributed by atoms with Crippen molar-refractivity contribution < 1.29 is 0 Å². The molecule has 112 valence electrons. The summed E-state index contributed by atoms with van der Waals surface area (Å²) in [7, 11) is 1.95. The number of benzene rings is 2. The van der Waals surface area contributed by atoms with E-state index in [2.05, 4.69) is 24.4 Å². The zero-order valence-electron chi connectivity index (χ0n) is 11.7. The normalized spacial score (nSPS) is 12.5. The van der Waals surface area contributed by atoms with Gasteiger partial charge in [-0.1, -0.05) is 77.6 Å². The first-order valence-electron chi connectivity index (χ1n) is 6.60. The average Bonchev–Trinajstić information content (AvgIpc) is 2.48. The van der Waals surface area contributed by atoms with Gasteiger partial charge in [0.15, 0.2) is 0 Å². The molecule has 2 rings (SSSR count). The molecule has 0 bridgehead atoms. The van der Waals surface area contributed by atoms with Crippen LogP contribution in [0.5, 0.6) is 0 Å². The summed E-state index contributed by atoms with van der Waals surface area (Å²) in [5.74, 6) is 0. The second-order valence-corrected chi connectivity index (χ2v) is 6.29. The van der Waals surface area contributed by atoms with Crippen LogP contribution in [0.4, 0.5) is 0 Å². The van der Waals surface area contributed by atoms with Gasteiger partial charge in [0.05, 0.1) is 20.1 Å². The van der Waals surface area contributed by atoms with Crippen LogP contribution in [-0.2, 0) is 0 Å². The van der Waals surface area contributed by atoms with Crippen molar-refractivity contribution in [3.8, 4) is 11.1 Å². The maximum Gasteiger partial charge on any atom is 0.0686 e. The Morgan fingerprint density at radius 2 is 1.48 bits per heavy atom. The Hall–Kier alpha value is -0.440. The highest BCUT2D eigenvalue weighted by Gasteiger charge is 2.16. The molecule has 5 heteroatoms. The first-order valence-corrected chi connectivity index (χ1v) is 8.11. The lowest BCUT2D eigenvalue weighted by atomic mass is 9.99. The quantitative estimate of drug-likeness (QED) is 0.601. The molecule has 0 heterocycles. The van der Waals surface area contributed by atoms with Crippen LogP contribution in [0.3, 0.4) is 0 Å². The van der Waals surface area contributed by atoms with Gasteiger partial charge in [0, 0.05) is 11.6 Å². The zero-order chi connectivity index (χ0) is 15.6. The van der Waals surface area contributed by atoms with Gasteiger partial charge >= 0.3 is 0 Å². The summed E-state index contributed by atoms with van der Waals surface area (Å²) in [4.78, 5) is 0. The molecule has 0 saturated carbocycles. The van der Waals surface area contributed by atoms with Crippen molar-refractivity contribution in [1.82, 2.24) is 5.32 Å². The molecule has 2 aromatic carbocycles. The molecular formula is C16H15Cl4N. The van der Waals surface area contributed by atoms with Crippen LogP contribution in [0.1, 0.15) is 24.9 Å². The third-order valence-electron chi connectivity index (χ3n) is 3.47. The number of rotatable bonds is 4. The second kappa shape index (κ2) is 7.21. The van der Waals surface area contributed by atoms with Crippen LogP contribution in [-0.4, -0.2) is 7.05 Å². The molecule has 0 saturated heterocycles. The highest BCUT2D eigenvalue weighted by atomic mass is 35.5. The van der Waals surface area contributed by atoms with Crippen molar-refractivity contribution in [2.45, 2.75) is 19.4 Å². The van der Waals surface area contributed by atoms with Crippen molar-refractivity contribution in [2.75, 3.05) is 7.05 Å². The smallest absolute Gasteiger partial charge is 0.0686 e. The maximum absolute atomic E-state index is 6.27. The predicted octanol–water partition coefficient (Wildman–Crippen LogP) is 6.64. The molecule has 0 aliphatic carbocycles. The van der Waals surface area contributed by atoms with Gasteiger partial charge in [0.1, 0.15) is 0 Å².